The molecule has 1 aromatic carbocycles. The van der Waals surface area contributed by atoms with Gasteiger partial charge < -0.3 is 19.7 Å². The van der Waals surface area contributed by atoms with E-state index in [0.29, 0.717) is 25.9 Å². The molecule has 10 heteroatoms. The quantitative estimate of drug-likeness (QED) is 0.709. The van der Waals surface area contributed by atoms with Crippen molar-refractivity contribution in [1.29, 1.82) is 0 Å². The van der Waals surface area contributed by atoms with E-state index in [1.807, 2.05) is 4.90 Å². The molecule has 1 amide bonds. The van der Waals surface area contributed by atoms with Crippen molar-refractivity contribution >= 4 is 34.6 Å². The van der Waals surface area contributed by atoms with E-state index in [4.69, 9.17) is 16.0 Å². The Labute approximate surface area is 182 Å². The third-order valence-corrected chi connectivity index (χ3v) is 6.61. The van der Waals surface area contributed by atoms with Crippen LogP contribution in [0.5, 0.6) is 0 Å². The number of piperidine rings is 1. The van der Waals surface area contributed by atoms with Gasteiger partial charge in [-0.15, -0.1) is 0 Å². The van der Waals surface area contributed by atoms with Crippen LogP contribution in [-0.2, 0) is 11.0 Å². The fourth-order valence-corrected chi connectivity index (χ4v) is 4.79. The van der Waals surface area contributed by atoms with E-state index in [9.17, 15) is 23.1 Å². The van der Waals surface area contributed by atoms with E-state index in [1.165, 1.54) is 0 Å². The van der Waals surface area contributed by atoms with Gasteiger partial charge in [0.2, 0.25) is 5.91 Å². The monoisotopic (exact) mass is 459 g/mol. The molecule has 6 nitrogen and oxygen atoms in total. The largest absolute Gasteiger partial charge is 0.423 e. The van der Waals surface area contributed by atoms with Gasteiger partial charge in [-0.3, -0.25) is 4.79 Å². The summed E-state index contributed by atoms with van der Waals surface area (Å²) in [5.74, 6) is 0.162. The molecule has 0 bridgehead atoms. The average Bonchev–Trinajstić information content (AvgIpc) is 3.15. The number of benzene rings is 1. The van der Waals surface area contributed by atoms with Crippen LogP contribution in [-0.4, -0.2) is 41.7 Å². The van der Waals surface area contributed by atoms with Crippen LogP contribution in [0.4, 0.5) is 19.2 Å². The molecule has 0 unspecified atom stereocenters. The van der Waals surface area contributed by atoms with E-state index in [-0.39, 0.29) is 47.5 Å². The highest BCUT2D eigenvalue weighted by atomic mass is 35.5. The van der Waals surface area contributed by atoms with Gasteiger partial charge in [0, 0.05) is 31.7 Å². The molecule has 2 aliphatic rings. The summed E-state index contributed by atoms with van der Waals surface area (Å²) in [6.45, 7) is 1.20. The Bertz CT molecular complexity index is 941. The summed E-state index contributed by atoms with van der Waals surface area (Å²) in [6, 6.07) is 2.39. The van der Waals surface area contributed by atoms with E-state index in [0.717, 1.165) is 37.8 Å². The Kier molecular flexibility index (Phi) is 6.35. The second-order valence-corrected chi connectivity index (χ2v) is 8.88. The summed E-state index contributed by atoms with van der Waals surface area (Å²) in [5.41, 5.74) is -0.656. The Morgan fingerprint density at radius 2 is 2.00 bits per heavy atom. The van der Waals surface area contributed by atoms with E-state index in [2.05, 4.69) is 10.3 Å². The van der Waals surface area contributed by atoms with Gasteiger partial charge in [-0.05, 0) is 50.2 Å². The Morgan fingerprint density at radius 1 is 1.26 bits per heavy atom. The van der Waals surface area contributed by atoms with E-state index in [1.54, 1.807) is 0 Å². The molecule has 2 fully saturated rings. The number of nitrogens with zero attached hydrogens (tertiary/aromatic N) is 2. The highest BCUT2D eigenvalue weighted by Gasteiger charge is 2.35. The molecule has 1 saturated carbocycles. The van der Waals surface area contributed by atoms with Crippen LogP contribution >= 0.6 is 11.6 Å². The first-order chi connectivity index (χ1) is 14.7. The molecular formula is C21H25ClF3N3O3. The number of aromatic nitrogens is 1. The SMILES string of the molecule is O=C(N[C@H]1CCC[C@H](CO)C1)C1CCN(c2nc3cc(Cl)c(C(F)(F)F)cc3o2)CC1. The second kappa shape index (κ2) is 8.86. The number of hydrogen-bond acceptors (Lipinski definition) is 5. The van der Waals surface area contributed by atoms with Crippen molar-refractivity contribution in [2.45, 2.75) is 50.7 Å². The van der Waals surface area contributed by atoms with Gasteiger partial charge in [0.15, 0.2) is 5.58 Å². The number of anilines is 1. The van der Waals surface area contributed by atoms with Gasteiger partial charge in [-0.2, -0.15) is 18.2 Å². The molecule has 31 heavy (non-hydrogen) atoms. The minimum Gasteiger partial charge on any atom is -0.423 e. The number of fused-ring (bicyclic) bond motifs is 1. The summed E-state index contributed by atoms with van der Waals surface area (Å²) >= 11 is 5.76. The van der Waals surface area contributed by atoms with Crippen molar-refractivity contribution < 1.29 is 27.5 Å². The zero-order valence-electron chi connectivity index (χ0n) is 16.9. The summed E-state index contributed by atoms with van der Waals surface area (Å²) in [7, 11) is 0. The molecule has 1 aliphatic heterocycles. The second-order valence-electron chi connectivity index (χ2n) is 8.48. The number of aliphatic hydroxyl groups excluding tert-OH is 1. The number of aliphatic hydroxyl groups is 1. The number of carbonyl (C=O) groups excluding carboxylic acids is 1. The van der Waals surface area contributed by atoms with Gasteiger partial charge in [0.1, 0.15) is 5.52 Å². The molecular weight excluding hydrogens is 435 g/mol. The molecule has 0 radical (unpaired) electrons. The van der Waals surface area contributed by atoms with Crippen molar-refractivity contribution in [2.75, 3.05) is 24.6 Å². The number of halogens is 4. The normalized spacial score (nSPS) is 23.3. The van der Waals surface area contributed by atoms with Crippen molar-refractivity contribution in [3.05, 3.63) is 22.7 Å². The average molecular weight is 460 g/mol. The minimum absolute atomic E-state index is 0.0299. The van der Waals surface area contributed by atoms with Crippen LogP contribution in [0.15, 0.2) is 16.5 Å². The molecule has 2 heterocycles. The first-order valence-corrected chi connectivity index (χ1v) is 11.0. The number of carbonyl (C=O) groups is 1. The molecule has 2 N–H and O–H groups in total. The number of nitrogens with one attached hydrogen (secondary N) is 1. The predicted molar refractivity (Wildman–Crippen MR) is 110 cm³/mol. The minimum atomic E-state index is -4.57. The zero-order valence-corrected chi connectivity index (χ0v) is 17.7. The number of amides is 1. The Hall–Kier alpha value is -2.00. The first-order valence-electron chi connectivity index (χ1n) is 10.6. The lowest BCUT2D eigenvalue weighted by atomic mass is 9.85. The van der Waals surface area contributed by atoms with Crippen molar-refractivity contribution in [1.82, 2.24) is 10.3 Å². The number of rotatable bonds is 4. The van der Waals surface area contributed by atoms with Crippen molar-refractivity contribution in [3.8, 4) is 0 Å². The smallest absolute Gasteiger partial charge is 0.417 e. The van der Waals surface area contributed by atoms with Gasteiger partial charge >= 0.3 is 6.18 Å². The number of alkyl halides is 3. The summed E-state index contributed by atoms with van der Waals surface area (Å²) in [6.07, 6.45) is 0.400. The fourth-order valence-electron chi connectivity index (χ4n) is 4.53. The Balaban J connectivity index is 1.37. The van der Waals surface area contributed by atoms with Gasteiger partial charge in [-0.1, -0.05) is 18.0 Å². The molecule has 1 aromatic heterocycles. The third kappa shape index (κ3) is 4.92. The highest BCUT2D eigenvalue weighted by molar-refractivity contribution is 6.32. The number of oxazole rings is 1. The number of hydrogen-bond donors (Lipinski definition) is 2. The van der Waals surface area contributed by atoms with Crippen LogP contribution < -0.4 is 10.2 Å². The molecule has 2 aromatic rings. The lowest BCUT2D eigenvalue weighted by Crippen LogP contribution is -2.45. The van der Waals surface area contributed by atoms with Crippen LogP contribution in [0.25, 0.3) is 11.1 Å². The molecule has 170 valence electrons. The maximum absolute atomic E-state index is 13.1. The van der Waals surface area contributed by atoms with Crippen molar-refractivity contribution in [3.63, 3.8) is 0 Å². The molecule has 0 spiro atoms. The highest BCUT2D eigenvalue weighted by Crippen LogP contribution is 2.38. The standard InChI is InChI=1S/C21H25ClF3N3O3/c22-16-10-17-18(9-15(16)21(23,24)25)31-20(27-17)28-6-4-13(5-7-28)19(30)26-14-3-1-2-12(8-14)11-29/h9-10,12-14,29H,1-8,11H2,(H,26,30)/t12-,14-/m0/s1. The van der Waals surface area contributed by atoms with Crippen LogP contribution in [0.3, 0.4) is 0 Å². The van der Waals surface area contributed by atoms with Crippen LogP contribution in [0, 0.1) is 11.8 Å². The topological polar surface area (TPSA) is 78.6 Å². The molecule has 2 atom stereocenters. The Morgan fingerprint density at radius 3 is 2.68 bits per heavy atom. The zero-order chi connectivity index (χ0) is 22.2. The maximum Gasteiger partial charge on any atom is 0.417 e. The maximum atomic E-state index is 13.1. The molecule has 4 rings (SSSR count). The van der Waals surface area contributed by atoms with Crippen LogP contribution in [0.1, 0.15) is 44.1 Å². The summed E-state index contributed by atoms with van der Waals surface area (Å²) < 4.78 is 44.7. The predicted octanol–water partition coefficient (Wildman–Crippen LogP) is 4.38. The lowest BCUT2D eigenvalue weighted by Gasteiger charge is -2.33. The van der Waals surface area contributed by atoms with E-state index >= 15 is 0 Å². The molecule has 1 saturated heterocycles. The van der Waals surface area contributed by atoms with Gasteiger partial charge in [0.05, 0.1) is 10.6 Å². The lowest BCUT2D eigenvalue weighted by molar-refractivity contribution is -0.137. The van der Waals surface area contributed by atoms with Crippen molar-refractivity contribution in [2.24, 2.45) is 11.8 Å². The fraction of sp³-hybridized carbons (Fsp3) is 0.619. The summed E-state index contributed by atoms with van der Waals surface area (Å²) in [4.78, 5) is 18.8. The third-order valence-electron chi connectivity index (χ3n) is 6.30. The van der Waals surface area contributed by atoms with Gasteiger partial charge in [0.25, 0.3) is 6.01 Å². The summed E-state index contributed by atoms with van der Waals surface area (Å²) in [5, 5.41) is 12.1. The van der Waals surface area contributed by atoms with Gasteiger partial charge in [-0.25, -0.2) is 0 Å². The van der Waals surface area contributed by atoms with Crippen LogP contribution in [0.2, 0.25) is 5.02 Å². The van der Waals surface area contributed by atoms with E-state index < -0.39 is 16.8 Å². The first kappa shape index (κ1) is 22.2. The molecule has 1 aliphatic carbocycles.